The molecule has 0 radical (unpaired) electrons. The molecule has 7 heteroatoms. The summed E-state index contributed by atoms with van der Waals surface area (Å²) in [7, 11) is 0. The van der Waals surface area contributed by atoms with Gasteiger partial charge in [-0.15, -0.1) is 0 Å². The third-order valence-corrected chi connectivity index (χ3v) is 6.51. The van der Waals surface area contributed by atoms with Crippen molar-refractivity contribution in [2.24, 2.45) is 0 Å². The second-order valence-electron chi connectivity index (χ2n) is 9.20. The van der Waals surface area contributed by atoms with Crippen LogP contribution in [0.1, 0.15) is 51.4 Å². The number of carbonyl (C=O) groups is 3. The largest absolute Gasteiger partial charge is 0.481 e. The van der Waals surface area contributed by atoms with E-state index in [1.807, 2.05) is 79.7 Å². The molecule has 0 saturated carbocycles. The summed E-state index contributed by atoms with van der Waals surface area (Å²) in [5.74, 6) is -1.52. The highest BCUT2D eigenvalue weighted by Crippen LogP contribution is 2.29. The Hall–Kier alpha value is -4.78. The fourth-order valence-electron chi connectivity index (χ4n) is 4.43. The summed E-state index contributed by atoms with van der Waals surface area (Å²) in [6, 6.07) is 29.4. The highest BCUT2D eigenvalue weighted by Gasteiger charge is 2.23. The summed E-state index contributed by atoms with van der Waals surface area (Å²) in [6.07, 6.45) is 2.01. The molecule has 1 heterocycles. The Bertz CT molecular complexity index is 1420. The molecule has 0 aliphatic rings. The molecule has 4 aromatic rings. The van der Waals surface area contributed by atoms with Gasteiger partial charge in [0.1, 0.15) is 0 Å². The minimum absolute atomic E-state index is 0.0616. The second kappa shape index (κ2) is 13.1. The Labute approximate surface area is 228 Å². The Morgan fingerprint density at radius 3 is 2.08 bits per heavy atom. The zero-order chi connectivity index (χ0) is 27.6. The van der Waals surface area contributed by atoms with Crippen molar-refractivity contribution in [1.29, 1.82) is 0 Å². The minimum atomic E-state index is -0.978. The second-order valence-corrected chi connectivity index (χ2v) is 9.20. The molecule has 0 aliphatic heterocycles. The summed E-state index contributed by atoms with van der Waals surface area (Å²) in [4.78, 5) is 44.4. The van der Waals surface area contributed by atoms with Crippen LogP contribution in [0.5, 0.6) is 0 Å². The van der Waals surface area contributed by atoms with E-state index in [1.54, 1.807) is 35.4 Å². The maximum absolute atomic E-state index is 13.8. The lowest BCUT2D eigenvalue weighted by atomic mass is 9.94. The van der Waals surface area contributed by atoms with E-state index in [4.69, 9.17) is 0 Å². The number of hydrogen-bond donors (Lipinski definition) is 2. The first kappa shape index (κ1) is 27.3. The molecule has 1 aromatic heterocycles. The van der Waals surface area contributed by atoms with Crippen LogP contribution in [0.3, 0.4) is 0 Å². The summed E-state index contributed by atoms with van der Waals surface area (Å²) < 4.78 is 0. The van der Waals surface area contributed by atoms with Gasteiger partial charge in [0.15, 0.2) is 0 Å². The number of rotatable bonds is 11. The van der Waals surface area contributed by atoms with E-state index in [0.29, 0.717) is 35.2 Å². The number of aromatic nitrogens is 1. The molecule has 0 fully saturated rings. The molecule has 0 saturated heterocycles. The van der Waals surface area contributed by atoms with Crippen LogP contribution in [0.2, 0.25) is 0 Å². The SMILES string of the molecule is CC(NC(=O)c1ccccc1-c1ccccc1C(=O)N(CCC(=O)O)CCc1ccccn1)c1ccccc1. The first-order valence-corrected chi connectivity index (χ1v) is 12.9. The topological polar surface area (TPSA) is 99.6 Å². The maximum Gasteiger partial charge on any atom is 0.305 e. The first-order chi connectivity index (χ1) is 18.9. The lowest BCUT2D eigenvalue weighted by molar-refractivity contribution is -0.137. The van der Waals surface area contributed by atoms with E-state index in [9.17, 15) is 19.5 Å². The molecule has 0 bridgehead atoms. The van der Waals surface area contributed by atoms with Gasteiger partial charge in [-0.2, -0.15) is 0 Å². The average Bonchev–Trinajstić information content (AvgIpc) is 2.97. The standard InChI is InChI=1S/C32H31N3O4/c1-23(24-11-3-2-4-12-24)34-31(38)28-16-7-5-14-26(28)27-15-6-8-17-29(27)32(39)35(22-19-30(36)37)21-18-25-13-9-10-20-33-25/h2-17,20,23H,18-19,21-22H2,1H3,(H,34,38)(H,36,37). The Morgan fingerprint density at radius 2 is 1.41 bits per heavy atom. The third-order valence-electron chi connectivity index (χ3n) is 6.51. The van der Waals surface area contributed by atoms with Crippen molar-refractivity contribution >= 4 is 17.8 Å². The average molecular weight is 522 g/mol. The fourth-order valence-corrected chi connectivity index (χ4v) is 4.43. The lowest BCUT2D eigenvalue weighted by Crippen LogP contribution is -2.35. The molecule has 0 spiro atoms. The van der Waals surface area contributed by atoms with Crippen molar-refractivity contribution in [3.05, 3.63) is 126 Å². The van der Waals surface area contributed by atoms with Gasteiger partial charge in [0.05, 0.1) is 12.5 Å². The van der Waals surface area contributed by atoms with Gasteiger partial charge >= 0.3 is 5.97 Å². The minimum Gasteiger partial charge on any atom is -0.481 e. The Morgan fingerprint density at radius 1 is 0.795 bits per heavy atom. The highest BCUT2D eigenvalue weighted by atomic mass is 16.4. The number of amides is 2. The number of hydrogen-bond acceptors (Lipinski definition) is 4. The van der Waals surface area contributed by atoms with Gasteiger partial charge in [-0.05, 0) is 47.9 Å². The number of aliphatic carboxylic acids is 1. The lowest BCUT2D eigenvalue weighted by Gasteiger charge is -2.24. The predicted molar refractivity (Wildman–Crippen MR) is 150 cm³/mol. The molecule has 1 atom stereocenters. The molecule has 0 aliphatic carbocycles. The number of carbonyl (C=O) groups excluding carboxylic acids is 2. The number of nitrogens with one attached hydrogen (secondary N) is 1. The van der Waals surface area contributed by atoms with Crippen molar-refractivity contribution < 1.29 is 19.5 Å². The van der Waals surface area contributed by atoms with Crippen molar-refractivity contribution in [2.45, 2.75) is 25.8 Å². The number of pyridine rings is 1. The number of carboxylic acids is 1. The van der Waals surface area contributed by atoms with Gasteiger partial charge in [-0.3, -0.25) is 19.4 Å². The van der Waals surface area contributed by atoms with E-state index >= 15 is 0 Å². The monoisotopic (exact) mass is 521 g/mol. The van der Waals surface area contributed by atoms with E-state index in [0.717, 1.165) is 11.3 Å². The molecule has 3 aromatic carbocycles. The molecule has 2 amide bonds. The summed E-state index contributed by atoms with van der Waals surface area (Å²) >= 11 is 0. The quantitative estimate of drug-likeness (QED) is 0.275. The van der Waals surface area contributed by atoms with Crippen LogP contribution in [-0.4, -0.2) is 45.9 Å². The molecule has 2 N–H and O–H groups in total. The summed E-state index contributed by atoms with van der Waals surface area (Å²) in [5.41, 5.74) is 3.89. The van der Waals surface area contributed by atoms with Crippen LogP contribution in [0, 0.1) is 0 Å². The van der Waals surface area contributed by atoms with Crippen molar-refractivity contribution in [3.8, 4) is 11.1 Å². The van der Waals surface area contributed by atoms with Gasteiger partial charge in [-0.25, -0.2) is 0 Å². The normalized spacial score (nSPS) is 11.4. The summed E-state index contributed by atoms with van der Waals surface area (Å²) in [6.45, 7) is 2.30. The van der Waals surface area contributed by atoms with Crippen LogP contribution in [0.15, 0.2) is 103 Å². The molecule has 4 rings (SSSR count). The molecular weight excluding hydrogens is 490 g/mol. The molecule has 39 heavy (non-hydrogen) atoms. The zero-order valence-corrected chi connectivity index (χ0v) is 21.8. The van der Waals surface area contributed by atoms with E-state index in [2.05, 4.69) is 10.3 Å². The van der Waals surface area contributed by atoms with Gasteiger partial charge in [-0.1, -0.05) is 72.8 Å². The maximum atomic E-state index is 13.8. The first-order valence-electron chi connectivity index (χ1n) is 12.9. The number of carboxylic acid groups (broad SMARTS) is 1. The van der Waals surface area contributed by atoms with E-state index in [1.165, 1.54) is 0 Å². The molecule has 1 unspecified atom stereocenters. The van der Waals surface area contributed by atoms with Crippen molar-refractivity contribution in [3.63, 3.8) is 0 Å². The van der Waals surface area contributed by atoms with Crippen LogP contribution >= 0.6 is 0 Å². The van der Waals surface area contributed by atoms with E-state index in [-0.39, 0.29) is 30.8 Å². The predicted octanol–water partition coefficient (Wildman–Crippen LogP) is 5.40. The van der Waals surface area contributed by atoms with Crippen LogP contribution < -0.4 is 5.32 Å². The van der Waals surface area contributed by atoms with E-state index < -0.39 is 5.97 Å². The van der Waals surface area contributed by atoms with Crippen molar-refractivity contribution in [2.75, 3.05) is 13.1 Å². The fraction of sp³-hybridized carbons (Fsp3) is 0.188. The zero-order valence-electron chi connectivity index (χ0n) is 21.8. The van der Waals surface area contributed by atoms with Gasteiger partial charge in [0, 0.05) is 42.5 Å². The molecular formula is C32H31N3O4. The highest BCUT2D eigenvalue weighted by molar-refractivity contribution is 6.06. The smallest absolute Gasteiger partial charge is 0.305 e. The van der Waals surface area contributed by atoms with Gasteiger partial charge < -0.3 is 15.3 Å². The van der Waals surface area contributed by atoms with Crippen LogP contribution in [0.25, 0.3) is 11.1 Å². The Balaban J connectivity index is 1.63. The van der Waals surface area contributed by atoms with Gasteiger partial charge in [0.2, 0.25) is 0 Å². The van der Waals surface area contributed by atoms with Gasteiger partial charge in [0.25, 0.3) is 11.8 Å². The van der Waals surface area contributed by atoms with Crippen LogP contribution in [-0.2, 0) is 11.2 Å². The number of benzene rings is 3. The number of nitrogens with zero attached hydrogens (tertiary/aromatic N) is 2. The summed E-state index contributed by atoms with van der Waals surface area (Å²) in [5, 5.41) is 12.3. The third kappa shape index (κ3) is 7.17. The molecule has 7 nitrogen and oxygen atoms in total. The molecule has 198 valence electrons. The van der Waals surface area contributed by atoms with Crippen LogP contribution in [0.4, 0.5) is 0 Å². The Kier molecular flexibility index (Phi) is 9.19. The van der Waals surface area contributed by atoms with Crippen molar-refractivity contribution in [1.82, 2.24) is 15.2 Å².